The molecular formula is C14H14N2O. The van der Waals surface area contributed by atoms with E-state index in [1.807, 2.05) is 25.1 Å². The molecule has 0 saturated heterocycles. The van der Waals surface area contributed by atoms with Gasteiger partial charge >= 0.3 is 0 Å². The molecule has 0 saturated carbocycles. The first kappa shape index (κ1) is 11.5. The lowest BCUT2D eigenvalue weighted by Crippen LogP contribution is -1.99. The Morgan fingerprint density at radius 2 is 2.18 bits per heavy atom. The van der Waals surface area contributed by atoms with E-state index in [4.69, 9.17) is 0 Å². The lowest BCUT2D eigenvalue weighted by atomic mass is 10.0. The van der Waals surface area contributed by atoms with Crippen LogP contribution in [0.1, 0.15) is 28.7 Å². The standard InChI is InChI=1S/C14H14N2O/c1-3-11-8-15-13(9-17)16-14(11)12-6-4-5-10(2)7-12/h4-9H,3H2,1-2H3. The van der Waals surface area contributed by atoms with Crippen LogP contribution < -0.4 is 0 Å². The first-order valence-corrected chi connectivity index (χ1v) is 5.62. The van der Waals surface area contributed by atoms with Crippen molar-refractivity contribution in [2.75, 3.05) is 0 Å². The molecule has 17 heavy (non-hydrogen) atoms. The van der Waals surface area contributed by atoms with Crippen LogP contribution in [0.25, 0.3) is 11.3 Å². The van der Waals surface area contributed by atoms with Crippen molar-refractivity contribution in [3.05, 3.63) is 47.4 Å². The van der Waals surface area contributed by atoms with Gasteiger partial charge in [-0.3, -0.25) is 4.79 Å². The number of aldehydes is 1. The maximum absolute atomic E-state index is 10.7. The average Bonchev–Trinajstić information content (AvgIpc) is 2.38. The van der Waals surface area contributed by atoms with E-state index >= 15 is 0 Å². The Bertz CT molecular complexity index is 550. The third-order valence-electron chi connectivity index (χ3n) is 2.66. The van der Waals surface area contributed by atoms with Crippen LogP contribution >= 0.6 is 0 Å². The molecule has 2 rings (SSSR count). The number of aryl methyl sites for hydroxylation is 2. The summed E-state index contributed by atoms with van der Waals surface area (Å²) in [4.78, 5) is 19.0. The molecule has 0 fully saturated rings. The molecule has 1 aromatic carbocycles. The quantitative estimate of drug-likeness (QED) is 0.756. The SMILES string of the molecule is CCc1cnc(C=O)nc1-c1cccc(C)c1. The van der Waals surface area contributed by atoms with Crippen LogP contribution in [-0.4, -0.2) is 16.3 Å². The van der Waals surface area contributed by atoms with Gasteiger partial charge in [0.1, 0.15) is 0 Å². The second-order valence-corrected chi connectivity index (χ2v) is 3.94. The third kappa shape index (κ3) is 2.38. The zero-order chi connectivity index (χ0) is 12.3. The molecule has 0 spiro atoms. The Labute approximate surface area is 101 Å². The first-order chi connectivity index (χ1) is 8.24. The Hall–Kier alpha value is -2.03. The minimum Gasteiger partial charge on any atom is -0.294 e. The van der Waals surface area contributed by atoms with Crippen LogP contribution in [0.3, 0.4) is 0 Å². The van der Waals surface area contributed by atoms with Crippen LogP contribution in [0.4, 0.5) is 0 Å². The summed E-state index contributed by atoms with van der Waals surface area (Å²) in [6.45, 7) is 4.09. The van der Waals surface area contributed by atoms with Crippen LogP contribution in [0, 0.1) is 6.92 Å². The van der Waals surface area contributed by atoms with Gasteiger partial charge in [-0.05, 0) is 25.0 Å². The largest absolute Gasteiger partial charge is 0.294 e. The molecule has 2 aromatic rings. The van der Waals surface area contributed by atoms with E-state index in [0.29, 0.717) is 6.29 Å². The fourth-order valence-electron chi connectivity index (χ4n) is 1.78. The van der Waals surface area contributed by atoms with Gasteiger partial charge < -0.3 is 0 Å². The van der Waals surface area contributed by atoms with Crippen molar-refractivity contribution in [2.24, 2.45) is 0 Å². The Balaban J connectivity index is 2.59. The summed E-state index contributed by atoms with van der Waals surface area (Å²) >= 11 is 0. The molecule has 0 radical (unpaired) electrons. The fraction of sp³-hybridized carbons (Fsp3) is 0.214. The zero-order valence-corrected chi connectivity index (χ0v) is 9.97. The highest BCUT2D eigenvalue weighted by Crippen LogP contribution is 2.22. The molecule has 1 heterocycles. The number of carbonyl (C=O) groups is 1. The summed E-state index contributed by atoms with van der Waals surface area (Å²) in [5.74, 6) is 0.235. The van der Waals surface area contributed by atoms with Crippen molar-refractivity contribution in [2.45, 2.75) is 20.3 Å². The van der Waals surface area contributed by atoms with E-state index in [0.717, 1.165) is 23.2 Å². The van der Waals surface area contributed by atoms with Gasteiger partial charge in [0, 0.05) is 11.8 Å². The summed E-state index contributed by atoms with van der Waals surface area (Å²) in [6, 6.07) is 8.10. The predicted molar refractivity (Wildman–Crippen MR) is 67.0 cm³/mol. The summed E-state index contributed by atoms with van der Waals surface area (Å²) < 4.78 is 0. The van der Waals surface area contributed by atoms with E-state index in [9.17, 15) is 4.79 Å². The van der Waals surface area contributed by atoms with Crippen molar-refractivity contribution in [3.63, 3.8) is 0 Å². The summed E-state index contributed by atoms with van der Waals surface area (Å²) in [5, 5.41) is 0. The molecule has 0 aliphatic heterocycles. The maximum atomic E-state index is 10.7. The van der Waals surface area contributed by atoms with Crippen molar-refractivity contribution in [1.82, 2.24) is 9.97 Å². The van der Waals surface area contributed by atoms with Gasteiger partial charge in [-0.15, -0.1) is 0 Å². The molecule has 0 bridgehead atoms. The second kappa shape index (κ2) is 4.87. The number of aromatic nitrogens is 2. The monoisotopic (exact) mass is 226 g/mol. The van der Waals surface area contributed by atoms with Crippen LogP contribution in [-0.2, 0) is 6.42 Å². The van der Waals surface area contributed by atoms with Gasteiger partial charge in [0.25, 0.3) is 0 Å². The molecule has 0 unspecified atom stereocenters. The van der Waals surface area contributed by atoms with Gasteiger partial charge in [-0.2, -0.15) is 0 Å². The second-order valence-electron chi connectivity index (χ2n) is 3.94. The number of nitrogens with zero attached hydrogens (tertiary/aromatic N) is 2. The van der Waals surface area contributed by atoms with E-state index in [-0.39, 0.29) is 5.82 Å². The Morgan fingerprint density at radius 1 is 1.35 bits per heavy atom. The molecule has 3 nitrogen and oxygen atoms in total. The van der Waals surface area contributed by atoms with E-state index < -0.39 is 0 Å². The van der Waals surface area contributed by atoms with Crippen molar-refractivity contribution >= 4 is 6.29 Å². The highest BCUT2D eigenvalue weighted by atomic mass is 16.1. The summed E-state index contributed by atoms with van der Waals surface area (Å²) in [5.41, 5.74) is 4.12. The van der Waals surface area contributed by atoms with Crippen molar-refractivity contribution in [1.29, 1.82) is 0 Å². The van der Waals surface area contributed by atoms with E-state index in [1.165, 1.54) is 5.56 Å². The number of benzene rings is 1. The van der Waals surface area contributed by atoms with Gasteiger partial charge in [0.2, 0.25) is 0 Å². The minimum atomic E-state index is 0.235. The highest BCUT2D eigenvalue weighted by molar-refractivity contribution is 5.72. The smallest absolute Gasteiger partial charge is 0.193 e. The van der Waals surface area contributed by atoms with Gasteiger partial charge in [-0.1, -0.05) is 30.7 Å². The van der Waals surface area contributed by atoms with Gasteiger partial charge in [0.05, 0.1) is 5.69 Å². The fourth-order valence-corrected chi connectivity index (χ4v) is 1.78. The van der Waals surface area contributed by atoms with Crippen LogP contribution in [0.5, 0.6) is 0 Å². The molecule has 0 atom stereocenters. The van der Waals surface area contributed by atoms with Crippen molar-refractivity contribution in [3.8, 4) is 11.3 Å². The van der Waals surface area contributed by atoms with Crippen molar-refractivity contribution < 1.29 is 4.79 Å². The summed E-state index contributed by atoms with van der Waals surface area (Å²) in [6.07, 6.45) is 3.26. The lowest BCUT2D eigenvalue weighted by molar-refractivity contribution is 0.111. The molecule has 0 amide bonds. The number of rotatable bonds is 3. The first-order valence-electron chi connectivity index (χ1n) is 5.62. The van der Waals surface area contributed by atoms with Gasteiger partial charge in [0.15, 0.2) is 12.1 Å². The minimum absolute atomic E-state index is 0.235. The predicted octanol–water partition coefficient (Wildman–Crippen LogP) is 2.83. The Morgan fingerprint density at radius 3 is 2.82 bits per heavy atom. The molecule has 0 aliphatic carbocycles. The topological polar surface area (TPSA) is 42.9 Å². The number of carbonyl (C=O) groups excluding carboxylic acids is 1. The van der Waals surface area contributed by atoms with E-state index in [2.05, 4.69) is 23.0 Å². The zero-order valence-electron chi connectivity index (χ0n) is 9.97. The lowest BCUT2D eigenvalue weighted by Gasteiger charge is -2.07. The molecule has 0 N–H and O–H groups in total. The number of hydrogen-bond donors (Lipinski definition) is 0. The molecule has 86 valence electrons. The maximum Gasteiger partial charge on any atom is 0.193 e. The van der Waals surface area contributed by atoms with E-state index in [1.54, 1.807) is 6.20 Å². The Kier molecular flexibility index (Phi) is 3.28. The van der Waals surface area contributed by atoms with Crippen LogP contribution in [0.15, 0.2) is 30.5 Å². The van der Waals surface area contributed by atoms with Crippen LogP contribution in [0.2, 0.25) is 0 Å². The average molecular weight is 226 g/mol. The highest BCUT2D eigenvalue weighted by Gasteiger charge is 2.08. The molecule has 1 aromatic heterocycles. The third-order valence-corrected chi connectivity index (χ3v) is 2.66. The normalized spacial score (nSPS) is 10.2. The molecule has 0 aliphatic rings. The van der Waals surface area contributed by atoms with Gasteiger partial charge in [-0.25, -0.2) is 9.97 Å². The molecular weight excluding hydrogens is 212 g/mol. The summed E-state index contributed by atoms with van der Waals surface area (Å²) in [7, 11) is 0. The number of hydrogen-bond acceptors (Lipinski definition) is 3. The molecule has 3 heteroatoms.